The normalized spacial score (nSPS) is 10.5. The molecule has 30 heavy (non-hydrogen) atoms. The van der Waals surface area contributed by atoms with Crippen LogP contribution in [0.3, 0.4) is 0 Å². The van der Waals surface area contributed by atoms with Crippen LogP contribution in [0.2, 0.25) is 0 Å². The number of non-ortho nitro benzene ring substituents is 1. The van der Waals surface area contributed by atoms with Gasteiger partial charge in [0.15, 0.2) is 16.6 Å². The largest absolute Gasteiger partial charge is 0.493 e. The highest BCUT2D eigenvalue weighted by atomic mass is 32.1. The molecular weight excluding hydrogens is 406 g/mol. The first-order chi connectivity index (χ1) is 14.4. The van der Waals surface area contributed by atoms with E-state index in [0.29, 0.717) is 30.2 Å². The van der Waals surface area contributed by atoms with Crippen molar-refractivity contribution in [3.8, 4) is 11.5 Å². The summed E-state index contributed by atoms with van der Waals surface area (Å²) in [5, 5.41) is 16.3. The van der Waals surface area contributed by atoms with Crippen LogP contribution in [0, 0.1) is 10.1 Å². The predicted octanol–water partition coefficient (Wildman–Crippen LogP) is 3.60. The molecule has 0 heterocycles. The maximum atomic E-state index is 12.0. The molecule has 9 heteroatoms. The van der Waals surface area contributed by atoms with Gasteiger partial charge >= 0.3 is 0 Å². The monoisotopic (exact) mass is 429 g/mol. The summed E-state index contributed by atoms with van der Waals surface area (Å²) in [4.78, 5) is 22.2. The highest BCUT2D eigenvalue weighted by molar-refractivity contribution is 7.80. The van der Waals surface area contributed by atoms with Crippen molar-refractivity contribution in [2.45, 2.75) is 19.9 Å². The Kier molecular flexibility index (Phi) is 8.76. The van der Waals surface area contributed by atoms with Gasteiger partial charge in [-0.1, -0.05) is 13.0 Å². The van der Waals surface area contributed by atoms with Crippen LogP contribution >= 0.6 is 12.2 Å². The fourth-order valence-corrected chi connectivity index (χ4v) is 2.59. The Hall–Kier alpha value is -3.46. The van der Waals surface area contributed by atoms with E-state index in [9.17, 15) is 14.9 Å². The Morgan fingerprint density at radius 3 is 2.57 bits per heavy atom. The van der Waals surface area contributed by atoms with E-state index in [1.165, 1.54) is 18.2 Å². The van der Waals surface area contributed by atoms with Crippen LogP contribution in [-0.2, 0) is 11.3 Å². The number of thiocarbonyl (C=S) groups is 1. The minimum absolute atomic E-state index is 0.0106. The quantitative estimate of drug-likeness (QED) is 0.272. The fraction of sp³-hybridized carbons (Fsp3) is 0.238. The van der Waals surface area contributed by atoms with Crippen molar-refractivity contribution in [1.82, 2.24) is 10.6 Å². The molecule has 8 nitrogen and oxygen atoms in total. The number of carbonyl (C=O) groups is 1. The molecule has 2 aromatic carbocycles. The molecule has 0 bridgehead atoms. The van der Waals surface area contributed by atoms with Crippen molar-refractivity contribution in [1.29, 1.82) is 0 Å². The summed E-state index contributed by atoms with van der Waals surface area (Å²) in [6.07, 6.45) is 3.75. The van der Waals surface area contributed by atoms with Gasteiger partial charge in [-0.25, -0.2) is 0 Å². The van der Waals surface area contributed by atoms with Gasteiger partial charge in [0, 0.05) is 24.8 Å². The molecule has 0 unspecified atom stereocenters. The van der Waals surface area contributed by atoms with E-state index >= 15 is 0 Å². The second-order valence-corrected chi connectivity index (χ2v) is 6.60. The van der Waals surface area contributed by atoms with E-state index in [2.05, 4.69) is 10.6 Å². The van der Waals surface area contributed by atoms with E-state index < -0.39 is 10.8 Å². The van der Waals surface area contributed by atoms with Crippen LogP contribution in [0.4, 0.5) is 5.69 Å². The Labute approximate surface area is 180 Å². The highest BCUT2D eigenvalue weighted by Crippen LogP contribution is 2.28. The molecule has 1 amide bonds. The van der Waals surface area contributed by atoms with E-state index in [4.69, 9.17) is 21.7 Å². The lowest BCUT2D eigenvalue weighted by Gasteiger charge is -2.13. The summed E-state index contributed by atoms with van der Waals surface area (Å²) in [7, 11) is 1.58. The number of amides is 1. The van der Waals surface area contributed by atoms with Gasteiger partial charge in [0.05, 0.1) is 18.6 Å². The molecule has 0 aliphatic carbocycles. The number of ether oxygens (including phenoxy) is 2. The van der Waals surface area contributed by atoms with Gasteiger partial charge in [0.25, 0.3) is 5.69 Å². The van der Waals surface area contributed by atoms with Crippen molar-refractivity contribution in [3.05, 3.63) is 69.8 Å². The van der Waals surface area contributed by atoms with Crippen LogP contribution in [-0.4, -0.2) is 29.7 Å². The molecule has 0 aliphatic rings. The van der Waals surface area contributed by atoms with Gasteiger partial charge in [0.2, 0.25) is 5.91 Å². The lowest BCUT2D eigenvalue weighted by atomic mass is 10.2. The topological polar surface area (TPSA) is 103 Å². The predicted molar refractivity (Wildman–Crippen MR) is 118 cm³/mol. The number of hydrogen-bond acceptors (Lipinski definition) is 6. The molecule has 0 atom stereocenters. The Morgan fingerprint density at radius 1 is 1.20 bits per heavy atom. The maximum Gasteiger partial charge on any atom is 0.269 e. The first-order valence-corrected chi connectivity index (χ1v) is 9.64. The summed E-state index contributed by atoms with van der Waals surface area (Å²) >= 11 is 5.14. The number of nitrogens with one attached hydrogen (secondary N) is 2. The molecule has 0 aliphatic heterocycles. The summed E-state index contributed by atoms with van der Waals surface area (Å²) in [5.41, 5.74) is 1.56. The number of rotatable bonds is 9. The maximum absolute atomic E-state index is 12.0. The Morgan fingerprint density at radius 2 is 1.93 bits per heavy atom. The van der Waals surface area contributed by atoms with Crippen LogP contribution in [0.1, 0.15) is 24.5 Å². The first kappa shape index (κ1) is 22.8. The zero-order valence-corrected chi connectivity index (χ0v) is 17.5. The second kappa shape index (κ2) is 11.5. The molecule has 0 saturated carbocycles. The molecule has 158 valence electrons. The minimum Gasteiger partial charge on any atom is -0.493 e. The number of nitro benzene ring substituents is 1. The second-order valence-electron chi connectivity index (χ2n) is 6.19. The number of benzene rings is 2. The van der Waals surface area contributed by atoms with E-state index in [1.54, 1.807) is 25.3 Å². The fourth-order valence-electron chi connectivity index (χ4n) is 2.41. The summed E-state index contributed by atoms with van der Waals surface area (Å²) < 4.78 is 11.0. The zero-order valence-electron chi connectivity index (χ0n) is 16.7. The SMILES string of the molecule is CCCOc1ccc(CNC(=S)NC(=O)/C=C/c2ccc([N+](=O)[O-])cc2)cc1OC. The lowest BCUT2D eigenvalue weighted by Crippen LogP contribution is -2.37. The summed E-state index contributed by atoms with van der Waals surface area (Å²) in [6.45, 7) is 3.04. The van der Waals surface area contributed by atoms with Gasteiger partial charge < -0.3 is 14.8 Å². The lowest BCUT2D eigenvalue weighted by molar-refractivity contribution is -0.384. The van der Waals surface area contributed by atoms with Gasteiger partial charge in [0.1, 0.15) is 0 Å². The van der Waals surface area contributed by atoms with Gasteiger partial charge in [-0.3, -0.25) is 20.2 Å². The van der Waals surface area contributed by atoms with Gasteiger partial charge in [-0.15, -0.1) is 0 Å². The van der Waals surface area contributed by atoms with E-state index in [1.807, 2.05) is 25.1 Å². The number of nitrogens with zero attached hydrogens (tertiary/aromatic N) is 1. The average Bonchev–Trinajstić information content (AvgIpc) is 2.75. The molecule has 0 fully saturated rings. The van der Waals surface area contributed by atoms with Crippen LogP contribution < -0.4 is 20.1 Å². The molecular formula is C21H23N3O5S. The third kappa shape index (κ3) is 7.17. The Balaban J connectivity index is 1.85. The van der Waals surface area contributed by atoms with Crippen molar-refractivity contribution in [2.75, 3.05) is 13.7 Å². The standard InChI is InChI=1S/C21H23N3O5S/c1-3-12-29-18-10-6-16(13-19(18)28-2)14-22-21(30)23-20(25)11-7-15-4-8-17(9-5-15)24(26)27/h4-11,13H,3,12,14H2,1-2H3,(H2,22,23,25,30)/b11-7+. The van der Waals surface area contributed by atoms with Crippen LogP contribution in [0.25, 0.3) is 6.08 Å². The molecule has 0 spiro atoms. The first-order valence-electron chi connectivity index (χ1n) is 9.24. The molecule has 2 rings (SSSR count). The smallest absolute Gasteiger partial charge is 0.269 e. The highest BCUT2D eigenvalue weighted by Gasteiger charge is 2.07. The molecule has 0 saturated heterocycles. The number of carbonyl (C=O) groups excluding carboxylic acids is 1. The van der Waals surface area contributed by atoms with Crippen molar-refractivity contribution in [3.63, 3.8) is 0 Å². The summed E-state index contributed by atoms with van der Waals surface area (Å²) in [6, 6.07) is 11.4. The summed E-state index contributed by atoms with van der Waals surface area (Å²) in [5.74, 6) is 0.894. The minimum atomic E-state index is -0.480. The third-order valence-corrected chi connectivity index (χ3v) is 4.16. The van der Waals surface area contributed by atoms with Crippen molar-refractivity contribution < 1.29 is 19.2 Å². The number of methoxy groups -OCH3 is 1. The van der Waals surface area contributed by atoms with Crippen molar-refractivity contribution >= 4 is 35.0 Å². The number of nitro groups is 1. The zero-order chi connectivity index (χ0) is 21.9. The molecule has 2 aromatic rings. The number of hydrogen-bond donors (Lipinski definition) is 2. The Bertz CT molecular complexity index is 929. The van der Waals surface area contributed by atoms with E-state index in [-0.39, 0.29) is 10.8 Å². The van der Waals surface area contributed by atoms with E-state index in [0.717, 1.165) is 12.0 Å². The van der Waals surface area contributed by atoms with Gasteiger partial charge in [-0.05, 0) is 60.1 Å². The average molecular weight is 429 g/mol. The van der Waals surface area contributed by atoms with Crippen LogP contribution in [0.15, 0.2) is 48.5 Å². The molecule has 0 aromatic heterocycles. The van der Waals surface area contributed by atoms with Crippen LogP contribution in [0.5, 0.6) is 11.5 Å². The van der Waals surface area contributed by atoms with Crippen molar-refractivity contribution in [2.24, 2.45) is 0 Å². The molecule has 0 radical (unpaired) electrons. The van der Waals surface area contributed by atoms with Gasteiger partial charge in [-0.2, -0.15) is 0 Å². The molecule has 2 N–H and O–H groups in total. The third-order valence-electron chi connectivity index (χ3n) is 3.91.